The highest BCUT2D eigenvalue weighted by Gasteiger charge is 2.28. The number of hydrogen-bond donors (Lipinski definition) is 0. The summed E-state index contributed by atoms with van der Waals surface area (Å²) in [5, 5.41) is 1.00. The van der Waals surface area contributed by atoms with Crippen molar-refractivity contribution in [3.8, 4) is 0 Å². The maximum absolute atomic E-state index is 13.1. The maximum Gasteiger partial charge on any atom is 0.289 e. The molecule has 30 heavy (non-hydrogen) atoms. The number of carbonyl (C=O) groups excluding carboxylic acids is 1. The number of likely N-dealkylation sites (tertiary alicyclic amines) is 1. The van der Waals surface area contributed by atoms with E-state index in [0.29, 0.717) is 35.0 Å². The molecule has 2 aromatic carbocycles. The Morgan fingerprint density at radius 1 is 1.03 bits per heavy atom. The van der Waals surface area contributed by atoms with Gasteiger partial charge in [-0.25, -0.2) is 4.98 Å². The highest BCUT2D eigenvalue weighted by Crippen LogP contribution is 2.23. The third-order valence-corrected chi connectivity index (χ3v) is 5.61. The molecule has 0 N–H and O–H groups in total. The van der Waals surface area contributed by atoms with Gasteiger partial charge in [0.05, 0.1) is 28.7 Å². The Balaban J connectivity index is 1.46. The molecule has 0 unspecified atom stereocenters. The van der Waals surface area contributed by atoms with Crippen LogP contribution in [0.2, 0.25) is 0 Å². The summed E-state index contributed by atoms with van der Waals surface area (Å²) in [6, 6.07) is 15.2. The van der Waals surface area contributed by atoms with E-state index in [4.69, 9.17) is 4.42 Å². The summed E-state index contributed by atoms with van der Waals surface area (Å²) in [5.74, 6) is -0.326. The van der Waals surface area contributed by atoms with Crippen molar-refractivity contribution in [2.45, 2.75) is 18.9 Å². The highest BCUT2D eigenvalue weighted by atomic mass is 16.3. The number of benzene rings is 2. The third kappa shape index (κ3) is 3.08. The van der Waals surface area contributed by atoms with E-state index in [1.165, 1.54) is 6.07 Å². The van der Waals surface area contributed by atoms with Crippen LogP contribution in [-0.4, -0.2) is 33.4 Å². The average Bonchev–Trinajstić information content (AvgIpc) is 2.79. The fraction of sp³-hybridized carbons (Fsp3) is 0.217. The number of fused-ring (bicyclic) bond motifs is 2. The Labute approximate surface area is 171 Å². The van der Waals surface area contributed by atoms with Crippen molar-refractivity contribution in [1.29, 1.82) is 0 Å². The summed E-state index contributed by atoms with van der Waals surface area (Å²) < 4.78 is 7.32. The lowest BCUT2D eigenvalue weighted by molar-refractivity contribution is 0.0646. The van der Waals surface area contributed by atoms with Crippen molar-refractivity contribution >= 4 is 27.8 Å². The Morgan fingerprint density at radius 3 is 2.67 bits per heavy atom. The number of rotatable bonds is 2. The van der Waals surface area contributed by atoms with E-state index in [9.17, 15) is 14.4 Å². The number of para-hydroxylation sites is 2. The highest BCUT2D eigenvalue weighted by molar-refractivity contribution is 5.93. The molecule has 3 heterocycles. The number of amides is 1. The molecule has 0 bridgehead atoms. The van der Waals surface area contributed by atoms with Crippen molar-refractivity contribution in [3.05, 3.63) is 87.3 Å². The molecular formula is C23H19N3O4. The minimum Gasteiger partial charge on any atom is -0.451 e. The molecule has 0 spiro atoms. The van der Waals surface area contributed by atoms with Crippen LogP contribution < -0.4 is 11.0 Å². The second kappa shape index (κ2) is 7.26. The summed E-state index contributed by atoms with van der Waals surface area (Å²) >= 11 is 0. The summed E-state index contributed by atoms with van der Waals surface area (Å²) in [6.45, 7) is 0.900. The molecule has 1 aliphatic rings. The number of aromatic nitrogens is 2. The maximum atomic E-state index is 13.1. The Bertz CT molecular complexity index is 1390. The van der Waals surface area contributed by atoms with E-state index < -0.39 is 0 Å². The molecule has 4 aromatic rings. The Kier molecular flexibility index (Phi) is 4.43. The lowest BCUT2D eigenvalue weighted by Gasteiger charge is -2.33. The quantitative estimate of drug-likeness (QED) is 0.516. The van der Waals surface area contributed by atoms with Crippen LogP contribution in [0.25, 0.3) is 21.9 Å². The summed E-state index contributed by atoms with van der Waals surface area (Å²) in [6.07, 6.45) is 3.07. The normalized spacial score (nSPS) is 16.8. The van der Waals surface area contributed by atoms with Gasteiger partial charge in [-0.2, -0.15) is 0 Å². The predicted molar refractivity (Wildman–Crippen MR) is 113 cm³/mol. The van der Waals surface area contributed by atoms with Crippen LogP contribution in [0, 0.1) is 0 Å². The molecule has 7 nitrogen and oxygen atoms in total. The molecule has 1 fully saturated rings. The summed E-state index contributed by atoms with van der Waals surface area (Å²) in [7, 11) is 0. The molecule has 1 atom stereocenters. The first-order valence-electron chi connectivity index (χ1n) is 9.90. The van der Waals surface area contributed by atoms with Gasteiger partial charge in [0.1, 0.15) is 5.58 Å². The van der Waals surface area contributed by atoms with Gasteiger partial charge >= 0.3 is 0 Å². The minimum absolute atomic E-state index is 0.0170. The molecule has 1 saturated heterocycles. The van der Waals surface area contributed by atoms with Gasteiger partial charge in [0.25, 0.3) is 11.5 Å². The standard InChI is InChI=1S/C23H19N3O4/c27-19-12-21(30-20-10-4-2-8-17(19)20)23(29)25-11-5-6-15(13-25)26-14-24-18-9-3-1-7-16(18)22(26)28/h1-4,7-10,12,14-15H,5-6,11,13H2/t15-/m1/s1. The number of nitrogens with zero attached hydrogens (tertiary/aromatic N) is 3. The Morgan fingerprint density at radius 2 is 1.80 bits per heavy atom. The van der Waals surface area contributed by atoms with Crippen molar-refractivity contribution in [3.63, 3.8) is 0 Å². The van der Waals surface area contributed by atoms with Crippen LogP contribution in [0.4, 0.5) is 0 Å². The topological polar surface area (TPSA) is 85.4 Å². The van der Waals surface area contributed by atoms with Crippen molar-refractivity contribution in [1.82, 2.24) is 14.5 Å². The van der Waals surface area contributed by atoms with Crippen LogP contribution in [-0.2, 0) is 0 Å². The fourth-order valence-electron chi connectivity index (χ4n) is 4.07. The molecule has 0 aliphatic carbocycles. The lowest BCUT2D eigenvalue weighted by Crippen LogP contribution is -2.43. The molecular weight excluding hydrogens is 382 g/mol. The van der Waals surface area contributed by atoms with E-state index in [-0.39, 0.29) is 28.7 Å². The van der Waals surface area contributed by atoms with Crippen LogP contribution >= 0.6 is 0 Å². The molecule has 150 valence electrons. The molecule has 1 aliphatic heterocycles. The number of carbonyl (C=O) groups is 1. The first-order valence-corrected chi connectivity index (χ1v) is 9.90. The van der Waals surface area contributed by atoms with Gasteiger partial charge in [0.15, 0.2) is 11.2 Å². The molecule has 5 rings (SSSR count). The van der Waals surface area contributed by atoms with E-state index in [1.807, 2.05) is 12.1 Å². The Hall–Kier alpha value is -3.74. The van der Waals surface area contributed by atoms with Crippen molar-refractivity contribution in [2.24, 2.45) is 0 Å². The zero-order valence-corrected chi connectivity index (χ0v) is 16.2. The van der Waals surface area contributed by atoms with Gasteiger partial charge in [-0.3, -0.25) is 19.0 Å². The number of piperidine rings is 1. The van der Waals surface area contributed by atoms with Crippen LogP contribution in [0.15, 0.2) is 74.9 Å². The van der Waals surface area contributed by atoms with Gasteiger partial charge in [-0.05, 0) is 37.1 Å². The SMILES string of the molecule is O=C(c1cc(=O)c2ccccc2o1)N1CCC[C@@H](n2cnc3ccccc3c2=O)C1. The van der Waals surface area contributed by atoms with E-state index in [2.05, 4.69) is 4.98 Å². The van der Waals surface area contributed by atoms with Crippen LogP contribution in [0.3, 0.4) is 0 Å². The molecule has 0 radical (unpaired) electrons. The van der Waals surface area contributed by atoms with E-state index in [1.54, 1.807) is 52.2 Å². The van der Waals surface area contributed by atoms with Gasteiger partial charge in [-0.15, -0.1) is 0 Å². The first kappa shape index (κ1) is 18.3. The van der Waals surface area contributed by atoms with Crippen LogP contribution in [0.1, 0.15) is 29.4 Å². The lowest BCUT2D eigenvalue weighted by atomic mass is 10.0. The summed E-state index contributed by atoms with van der Waals surface area (Å²) in [4.78, 5) is 44.4. The second-order valence-corrected chi connectivity index (χ2v) is 7.49. The van der Waals surface area contributed by atoms with Crippen molar-refractivity contribution in [2.75, 3.05) is 13.1 Å². The zero-order valence-electron chi connectivity index (χ0n) is 16.2. The largest absolute Gasteiger partial charge is 0.451 e. The van der Waals surface area contributed by atoms with E-state index in [0.717, 1.165) is 12.8 Å². The number of hydrogen-bond acceptors (Lipinski definition) is 5. The van der Waals surface area contributed by atoms with Gasteiger partial charge < -0.3 is 9.32 Å². The minimum atomic E-state index is -0.343. The molecule has 7 heteroatoms. The molecule has 2 aromatic heterocycles. The van der Waals surface area contributed by atoms with Crippen molar-refractivity contribution < 1.29 is 9.21 Å². The zero-order chi connectivity index (χ0) is 20.7. The van der Waals surface area contributed by atoms with Crippen LogP contribution in [0.5, 0.6) is 0 Å². The predicted octanol–water partition coefficient (Wildman–Crippen LogP) is 2.98. The van der Waals surface area contributed by atoms with Gasteiger partial charge in [-0.1, -0.05) is 24.3 Å². The average molecular weight is 401 g/mol. The first-order chi connectivity index (χ1) is 14.6. The molecule has 0 saturated carbocycles. The monoisotopic (exact) mass is 401 g/mol. The van der Waals surface area contributed by atoms with Gasteiger partial charge in [0, 0.05) is 19.2 Å². The smallest absolute Gasteiger partial charge is 0.289 e. The van der Waals surface area contributed by atoms with Gasteiger partial charge in [0.2, 0.25) is 0 Å². The third-order valence-electron chi connectivity index (χ3n) is 5.61. The second-order valence-electron chi connectivity index (χ2n) is 7.49. The fourth-order valence-corrected chi connectivity index (χ4v) is 4.07. The summed E-state index contributed by atoms with van der Waals surface area (Å²) in [5.41, 5.74) is 0.679. The van der Waals surface area contributed by atoms with E-state index >= 15 is 0 Å². The molecule has 1 amide bonds.